The number of carboxylic acid groups (broad SMARTS) is 1. The number of benzene rings is 2. The number of ether oxygens (including phenoxy) is 1. The SMILES string of the molecule is COc1ccccc1NS(=O)(=O)c1cc(C(=O)[O-])cc(C)c1C. The molecule has 0 saturated carbocycles. The quantitative estimate of drug-likeness (QED) is 0.893. The summed E-state index contributed by atoms with van der Waals surface area (Å²) in [7, 11) is -2.55. The van der Waals surface area contributed by atoms with Crippen molar-refractivity contribution in [3.05, 3.63) is 53.1 Å². The summed E-state index contributed by atoms with van der Waals surface area (Å²) in [5.41, 5.74) is 1.10. The van der Waals surface area contributed by atoms with E-state index in [0.29, 0.717) is 16.9 Å². The van der Waals surface area contributed by atoms with Crippen LogP contribution in [-0.2, 0) is 10.0 Å². The van der Waals surface area contributed by atoms with Gasteiger partial charge in [-0.05, 0) is 54.8 Å². The predicted octanol–water partition coefficient (Wildman–Crippen LogP) is 1.48. The van der Waals surface area contributed by atoms with Gasteiger partial charge < -0.3 is 14.6 Å². The van der Waals surface area contributed by atoms with Gasteiger partial charge in [0.2, 0.25) is 0 Å². The standard InChI is InChI=1S/C16H17NO5S/c1-10-8-12(16(18)19)9-15(11(10)2)23(20,21)17-13-6-4-5-7-14(13)22-3/h4-9,17H,1-3H3,(H,18,19)/p-1. The molecular formula is C16H16NO5S-. The van der Waals surface area contributed by atoms with Crippen molar-refractivity contribution in [3.63, 3.8) is 0 Å². The first-order chi connectivity index (χ1) is 10.8. The van der Waals surface area contributed by atoms with Gasteiger partial charge in [-0.3, -0.25) is 4.72 Å². The Bertz CT molecular complexity index is 859. The number of carbonyl (C=O) groups excluding carboxylic acids is 1. The highest BCUT2D eigenvalue weighted by molar-refractivity contribution is 7.92. The fourth-order valence-corrected chi connectivity index (χ4v) is 3.57. The van der Waals surface area contributed by atoms with Crippen molar-refractivity contribution < 1.29 is 23.1 Å². The Morgan fingerprint density at radius 2 is 1.83 bits per heavy atom. The van der Waals surface area contributed by atoms with Gasteiger partial charge in [0, 0.05) is 0 Å². The van der Waals surface area contributed by atoms with Crippen molar-refractivity contribution in [1.29, 1.82) is 0 Å². The summed E-state index contributed by atoms with van der Waals surface area (Å²) < 4.78 is 32.8. The van der Waals surface area contributed by atoms with Gasteiger partial charge in [0.15, 0.2) is 0 Å². The maximum absolute atomic E-state index is 12.6. The topological polar surface area (TPSA) is 95.5 Å². The molecule has 0 heterocycles. The third-order valence-corrected chi connectivity index (χ3v) is 4.99. The molecule has 0 bridgehead atoms. The van der Waals surface area contributed by atoms with E-state index in [9.17, 15) is 18.3 Å². The van der Waals surface area contributed by atoms with E-state index in [1.165, 1.54) is 13.2 Å². The zero-order valence-corrected chi connectivity index (χ0v) is 13.7. The van der Waals surface area contributed by atoms with Crippen molar-refractivity contribution in [1.82, 2.24) is 0 Å². The molecular weight excluding hydrogens is 318 g/mol. The minimum Gasteiger partial charge on any atom is -0.545 e. The number of aryl methyl sites for hydroxylation is 1. The first kappa shape index (κ1) is 16.8. The molecule has 1 N–H and O–H groups in total. The number of rotatable bonds is 5. The lowest BCUT2D eigenvalue weighted by molar-refractivity contribution is -0.255. The first-order valence-corrected chi connectivity index (χ1v) is 8.23. The Balaban J connectivity index is 2.54. The van der Waals surface area contributed by atoms with Crippen LogP contribution >= 0.6 is 0 Å². The largest absolute Gasteiger partial charge is 0.545 e. The van der Waals surface area contributed by atoms with Gasteiger partial charge in [-0.15, -0.1) is 0 Å². The highest BCUT2D eigenvalue weighted by Crippen LogP contribution is 2.28. The molecule has 0 aromatic heterocycles. The van der Waals surface area contributed by atoms with E-state index in [1.54, 1.807) is 38.1 Å². The number of carboxylic acids is 1. The molecule has 2 aromatic carbocycles. The van der Waals surface area contributed by atoms with Crippen LogP contribution in [-0.4, -0.2) is 21.5 Å². The molecule has 0 radical (unpaired) electrons. The average molecular weight is 334 g/mol. The van der Waals surface area contributed by atoms with E-state index in [-0.39, 0.29) is 16.1 Å². The Kier molecular flexibility index (Phi) is 4.60. The number of hydrogen-bond acceptors (Lipinski definition) is 5. The van der Waals surface area contributed by atoms with Gasteiger partial charge in [-0.2, -0.15) is 0 Å². The van der Waals surface area contributed by atoms with E-state index in [2.05, 4.69) is 4.72 Å². The van der Waals surface area contributed by atoms with Crippen LogP contribution in [0.5, 0.6) is 5.75 Å². The van der Waals surface area contributed by atoms with Crippen molar-refractivity contribution in [2.75, 3.05) is 11.8 Å². The van der Waals surface area contributed by atoms with Crippen LogP contribution in [0.4, 0.5) is 5.69 Å². The maximum atomic E-state index is 12.6. The van der Waals surface area contributed by atoms with Crippen LogP contribution in [0.15, 0.2) is 41.3 Å². The van der Waals surface area contributed by atoms with Gasteiger partial charge in [-0.1, -0.05) is 12.1 Å². The minimum atomic E-state index is -3.98. The number of methoxy groups -OCH3 is 1. The molecule has 0 saturated heterocycles. The van der Waals surface area contributed by atoms with Crippen molar-refractivity contribution in [3.8, 4) is 5.75 Å². The third-order valence-electron chi connectivity index (χ3n) is 3.50. The van der Waals surface area contributed by atoms with Gasteiger partial charge in [0.25, 0.3) is 10.0 Å². The molecule has 0 atom stereocenters. The number of anilines is 1. The van der Waals surface area contributed by atoms with Gasteiger partial charge in [-0.25, -0.2) is 8.42 Å². The van der Waals surface area contributed by atoms with Crippen LogP contribution in [0.1, 0.15) is 21.5 Å². The molecule has 0 amide bonds. The summed E-state index contributed by atoms with van der Waals surface area (Å²) in [4.78, 5) is 10.9. The van der Waals surface area contributed by atoms with E-state index in [1.807, 2.05) is 0 Å². The van der Waals surface area contributed by atoms with Crippen molar-refractivity contribution >= 4 is 21.7 Å². The number of para-hydroxylation sites is 2. The number of carbonyl (C=O) groups is 1. The molecule has 122 valence electrons. The minimum absolute atomic E-state index is 0.109. The maximum Gasteiger partial charge on any atom is 0.262 e. The van der Waals surface area contributed by atoms with Crippen LogP contribution in [0.2, 0.25) is 0 Å². The second kappa shape index (κ2) is 6.29. The molecule has 23 heavy (non-hydrogen) atoms. The third kappa shape index (κ3) is 3.45. The van der Waals surface area contributed by atoms with E-state index >= 15 is 0 Å². The predicted molar refractivity (Wildman–Crippen MR) is 84.0 cm³/mol. The summed E-state index contributed by atoms with van der Waals surface area (Å²) in [5, 5.41) is 11.1. The van der Waals surface area contributed by atoms with Gasteiger partial charge in [0.1, 0.15) is 5.75 Å². The summed E-state index contributed by atoms with van der Waals surface area (Å²) >= 11 is 0. The molecule has 0 aliphatic rings. The number of nitrogens with one attached hydrogen (secondary N) is 1. The molecule has 7 heteroatoms. The summed E-state index contributed by atoms with van der Waals surface area (Å²) in [5.74, 6) is -1.07. The second-order valence-corrected chi connectivity index (χ2v) is 6.66. The lowest BCUT2D eigenvalue weighted by Crippen LogP contribution is -2.24. The fourth-order valence-electron chi connectivity index (χ4n) is 2.15. The number of aromatic carboxylic acids is 1. The van der Waals surface area contributed by atoms with Crippen LogP contribution in [0.3, 0.4) is 0 Å². The zero-order valence-electron chi connectivity index (χ0n) is 12.9. The Morgan fingerprint density at radius 1 is 1.17 bits per heavy atom. The molecule has 0 aliphatic carbocycles. The van der Waals surface area contributed by atoms with E-state index in [4.69, 9.17) is 4.74 Å². The lowest BCUT2D eigenvalue weighted by Gasteiger charge is -2.16. The summed E-state index contributed by atoms with van der Waals surface area (Å²) in [6.07, 6.45) is 0. The second-order valence-electron chi connectivity index (χ2n) is 5.01. The molecule has 2 aromatic rings. The van der Waals surface area contributed by atoms with Crippen molar-refractivity contribution in [2.45, 2.75) is 18.7 Å². The molecule has 0 aliphatic heterocycles. The highest BCUT2D eigenvalue weighted by Gasteiger charge is 2.20. The lowest BCUT2D eigenvalue weighted by atomic mass is 10.1. The molecule has 0 unspecified atom stereocenters. The molecule has 6 nitrogen and oxygen atoms in total. The van der Waals surface area contributed by atoms with E-state index in [0.717, 1.165) is 6.07 Å². The smallest absolute Gasteiger partial charge is 0.262 e. The highest BCUT2D eigenvalue weighted by atomic mass is 32.2. The van der Waals surface area contributed by atoms with E-state index < -0.39 is 16.0 Å². The van der Waals surface area contributed by atoms with Gasteiger partial charge >= 0.3 is 0 Å². The van der Waals surface area contributed by atoms with Crippen LogP contribution < -0.4 is 14.6 Å². The molecule has 2 rings (SSSR count). The molecule has 0 spiro atoms. The monoisotopic (exact) mass is 334 g/mol. The normalized spacial score (nSPS) is 11.1. The van der Waals surface area contributed by atoms with Gasteiger partial charge in [0.05, 0.1) is 23.7 Å². The Morgan fingerprint density at radius 3 is 2.43 bits per heavy atom. The average Bonchev–Trinajstić information content (AvgIpc) is 2.49. The Labute approximate surface area is 134 Å². The van der Waals surface area contributed by atoms with Crippen LogP contribution in [0.25, 0.3) is 0 Å². The van der Waals surface area contributed by atoms with Crippen LogP contribution in [0, 0.1) is 13.8 Å². The summed E-state index contributed by atoms with van der Waals surface area (Å²) in [6.45, 7) is 3.26. The first-order valence-electron chi connectivity index (χ1n) is 6.74. The zero-order chi connectivity index (χ0) is 17.2. The Hall–Kier alpha value is -2.54. The number of hydrogen-bond donors (Lipinski definition) is 1. The molecule has 0 fully saturated rings. The van der Waals surface area contributed by atoms with Crippen molar-refractivity contribution in [2.24, 2.45) is 0 Å². The number of sulfonamides is 1. The summed E-state index contributed by atoms with van der Waals surface area (Å²) in [6, 6.07) is 9.02. The fraction of sp³-hybridized carbons (Fsp3) is 0.188.